The van der Waals surface area contributed by atoms with Gasteiger partial charge in [0, 0.05) is 11.1 Å². The van der Waals surface area contributed by atoms with Crippen LogP contribution in [0.3, 0.4) is 0 Å². The van der Waals surface area contributed by atoms with Gasteiger partial charge in [-0.25, -0.2) is 0 Å². The predicted molar refractivity (Wildman–Crippen MR) is 100 cm³/mol. The highest BCUT2D eigenvalue weighted by Gasteiger charge is 2.19. The van der Waals surface area contributed by atoms with Gasteiger partial charge in [-0.15, -0.1) is 0 Å². The van der Waals surface area contributed by atoms with E-state index in [2.05, 4.69) is 15.4 Å². The SMILES string of the molecule is COc1ccc(-c2n[nH]nc2-c2cc(OC)c(OC)c(OC)c2)cc1OC. The first kappa shape index (κ1) is 18.4. The van der Waals surface area contributed by atoms with Crippen molar-refractivity contribution in [2.45, 2.75) is 0 Å². The minimum Gasteiger partial charge on any atom is -0.493 e. The van der Waals surface area contributed by atoms with Crippen LogP contribution in [0.5, 0.6) is 28.7 Å². The average Bonchev–Trinajstić information content (AvgIpc) is 3.21. The molecule has 0 radical (unpaired) electrons. The monoisotopic (exact) mass is 371 g/mol. The van der Waals surface area contributed by atoms with E-state index >= 15 is 0 Å². The molecule has 8 nitrogen and oxygen atoms in total. The van der Waals surface area contributed by atoms with Gasteiger partial charge in [0.05, 0.1) is 35.5 Å². The van der Waals surface area contributed by atoms with Crippen LogP contribution in [0.25, 0.3) is 22.5 Å². The Balaban J connectivity index is 2.13. The summed E-state index contributed by atoms with van der Waals surface area (Å²) in [6, 6.07) is 9.20. The minimum atomic E-state index is 0.514. The van der Waals surface area contributed by atoms with Gasteiger partial charge in [-0.1, -0.05) is 0 Å². The number of rotatable bonds is 7. The maximum absolute atomic E-state index is 5.43. The fraction of sp³-hybridized carbons (Fsp3) is 0.263. The van der Waals surface area contributed by atoms with Crippen LogP contribution in [-0.4, -0.2) is 51.0 Å². The lowest BCUT2D eigenvalue weighted by Gasteiger charge is -2.14. The van der Waals surface area contributed by atoms with Crippen molar-refractivity contribution < 1.29 is 23.7 Å². The maximum atomic E-state index is 5.43. The predicted octanol–water partition coefficient (Wildman–Crippen LogP) is 3.18. The molecule has 142 valence electrons. The van der Waals surface area contributed by atoms with Crippen LogP contribution in [0.15, 0.2) is 30.3 Å². The topological polar surface area (TPSA) is 87.7 Å². The Hall–Kier alpha value is -3.42. The lowest BCUT2D eigenvalue weighted by molar-refractivity contribution is 0.324. The Morgan fingerprint density at radius 2 is 1.11 bits per heavy atom. The number of ether oxygens (including phenoxy) is 5. The van der Waals surface area contributed by atoms with Crippen LogP contribution >= 0.6 is 0 Å². The third kappa shape index (κ3) is 3.33. The summed E-state index contributed by atoms with van der Waals surface area (Å²) in [5.74, 6) is 2.83. The van der Waals surface area contributed by atoms with Crippen LogP contribution < -0.4 is 23.7 Å². The fourth-order valence-electron chi connectivity index (χ4n) is 2.83. The summed E-state index contributed by atoms with van der Waals surface area (Å²) in [5, 5.41) is 11.3. The Bertz CT molecular complexity index is 914. The molecule has 27 heavy (non-hydrogen) atoms. The second-order valence-corrected chi connectivity index (χ2v) is 5.50. The largest absolute Gasteiger partial charge is 0.493 e. The van der Waals surface area contributed by atoms with Crippen LogP contribution in [-0.2, 0) is 0 Å². The van der Waals surface area contributed by atoms with Crippen molar-refractivity contribution in [2.24, 2.45) is 0 Å². The number of nitrogens with one attached hydrogen (secondary N) is 1. The lowest BCUT2D eigenvalue weighted by atomic mass is 10.0. The van der Waals surface area contributed by atoms with Crippen molar-refractivity contribution >= 4 is 0 Å². The second kappa shape index (κ2) is 7.86. The molecule has 1 heterocycles. The molecule has 0 amide bonds. The third-order valence-electron chi connectivity index (χ3n) is 4.14. The Morgan fingerprint density at radius 3 is 1.63 bits per heavy atom. The van der Waals surface area contributed by atoms with Gasteiger partial charge in [0.25, 0.3) is 0 Å². The van der Waals surface area contributed by atoms with Crippen molar-refractivity contribution in [3.63, 3.8) is 0 Å². The zero-order chi connectivity index (χ0) is 19.4. The molecule has 0 aliphatic heterocycles. The van der Waals surface area contributed by atoms with Gasteiger partial charge in [-0.3, -0.25) is 0 Å². The number of nitrogens with zero attached hydrogens (tertiary/aromatic N) is 2. The number of benzene rings is 2. The van der Waals surface area contributed by atoms with Gasteiger partial charge in [0.1, 0.15) is 11.4 Å². The van der Waals surface area contributed by atoms with Crippen LogP contribution in [0, 0.1) is 0 Å². The summed E-state index contributed by atoms with van der Waals surface area (Å²) in [7, 11) is 7.88. The molecular weight excluding hydrogens is 350 g/mol. The second-order valence-electron chi connectivity index (χ2n) is 5.50. The first-order valence-corrected chi connectivity index (χ1v) is 8.10. The molecule has 3 aromatic rings. The average molecular weight is 371 g/mol. The summed E-state index contributed by atoms with van der Waals surface area (Å²) < 4.78 is 26.9. The van der Waals surface area contributed by atoms with Crippen LogP contribution in [0.2, 0.25) is 0 Å². The summed E-state index contributed by atoms with van der Waals surface area (Å²) in [6.45, 7) is 0. The Morgan fingerprint density at radius 1 is 0.593 bits per heavy atom. The van der Waals surface area contributed by atoms with Gasteiger partial charge in [-0.2, -0.15) is 15.4 Å². The molecule has 3 rings (SSSR count). The van der Waals surface area contributed by atoms with E-state index in [1.807, 2.05) is 30.3 Å². The van der Waals surface area contributed by atoms with E-state index in [1.165, 1.54) is 0 Å². The summed E-state index contributed by atoms with van der Waals surface area (Å²) in [6.07, 6.45) is 0. The van der Waals surface area contributed by atoms with Gasteiger partial charge >= 0.3 is 0 Å². The molecule has 0 spiro atoms. The molecule has 0 unspecified atom stereocenters. The quantitative estimate of drug-likeness (QED) is 0.682. The summed E-state index contributed by atoms with van der Waals surface area (Å²) >= 11 is 0. The molecule has 8 heteroatoms. The van der Waals surface area contributed by atoms with E-state index < -0.39 is 0 Å². The van der Waals surface area contributed by atoms with Gasteiger partial charge in [0.15, 0.2) is 23.0 Å². The zero-order valence-electron chi connectivity index (χ0n) is 15.8. The molecule has 0 bridgehead atoms. The van der Waals surface area contributed by atoms with Gasteiger partial charge < -0.3 is 23.7 Å². The number of aromatic amines is 1. The first-order valence-electron chi connectivity index (χ1n) is 8.10. The minimum absolute atomic E-state index is 0.514. The van der Waals surface area contributed by atoms with E-state index in [4.69, 9.17) is 23.7 Å². The molecule has 0 aliphatic carbocycles. The highest BCUT2D eigenvalue weighted by molar-refractivity contribution is 5.81. The van der Waals surface area contributed by atoms with E-state index in [0.717, 1.165) is 11.1 Å². The molecule has 0 saturated carbocycles. The summed E-state index contributed by atoms with van der Waals surface area (Å²) in [5.41, 5.74) is 2.89. The molecule has 0 atom stereocenters. The molecular formula is C19H21N3O5. The van der Waals surface area contributed by atoms with Crippen molar-refractivity contribution in [3.05, 3.63) is 30.3 Å². The molecule has 0 saturated heterocycles. The number of aromatic nitrogens is 3. The molecule has 0 aliphatic rings. The first-order chi connectivity index (χ1) is 13.2. The third-order valence-corrected chi connectivity index (χ3v) is 4.14. The normalized spacial score (nSPS) is 10.4. The molecule has 2 aromatic carbocycles. The number of methoxy groups -OCH3 is 5. The van der Waals surface area contributed by atoms with Crippen LogP contribution in [0.1, 0.15) is 0 Å². The number of hydrogen-bond acceptors (Lipinski definition) is 7. The summed E-state index contributed by atoms with van der Waals surface area (Å²) in [4.78, 5) is 0. The molecule has 0 fully saturated rings. The molecule has 1 N–H and O–H groups in total. The van der Waals surface area contributed by atoms with Crippen molar-refractivity contribution in [2.75, 3.05) is 35.5 Å². The van der Waals surface area contributed by atoms with Gasteiger partial charge in [0.2, 0.25) is 5.75 Å². The van der Waals surface area contributed by atoms with E-state index in [0.29, 0.717) is 40.1 Å². The zero-order valence-corrected chi connectivity index (χ0v) is 15.8. The van der Waals surface area contributed by atoms with Crippen molar-refractivity contribution in [1.29, 1.82) is 0 Å². The fourth-order valence-corrected chi connectivity index (χ4v) is 2.83. The van der Waals surface area contributed by atoms with Gasteiger partial charge in [-0.05, 0) is 30.3 Å². The number of H-pyrrole nitrogens is 1. The van der Waals surface area contributed by atoms with E-state index in [-0.39, 0.29) is 0 Å². The highest BCUT2D eigenvalue weighted by atomic mass is 16.5. The molecule has 1 aromatic heterocycles. The Labute approximate surface area is 157 Å². The lowest BCUT2D eigenvalue weighted by Crippen LogP contribution is -1.96. The van der Waals surface area contributed by atoms with Crippen molar-refractivity contribution in [1.82, 2.24) is 15.4 Å². The van der Waals surface area contributed by atoms with Crippen molar-refractivity contribution in [3.8, 4) is 51.3 Å². The van der Waals surface area contributed by atoms with E-state index in [1.54, 1.807) is 35.5 Å². The standard InChI is InChI=1S/C19H21N3O5/c1-23-13-7-6-11(8-14(13)24-2)17-18(21-22-20-17)12-9-15(25-3)19(27-5)16(10-12)26-4/h6-10H,1-5H3,(H,20,21,22). The maximum Gasteiger partial charge on any atom is 0.203 e. The Kier molecular flexibility index (Phi) is 5.35. The smallest absolute Gasteiger partial charge is 0.203 e. The van der Waals surface area contributed by atoms with E-state index in [9.17, 15) is 0 Å². The highest BCUT2D eigenvalue weighted by Crippen LogP contribution is 2.42. The number of hydrogen-bond donors (Lipinski definition) is 1. The van der Waals surface area contributed by atoms with Crippen LogP contribution in [0.4, 0.5) is 0 Å².